The summed E-state index contributed by atoms with van der Waals surface area (Å²) in [5.74, 6) is -0.492. The van der Waals surface area contributed by atoms with Gasteiger partial charge in [0, 0.05) is 25.7 Å². The fraction of sp³-hybridized carbons (Fsp3) is 0.576. The van der Waals surface area contributed by atoms with E-state index in [0.29, 0.717) is 34.2 Å². The fourth-order valence-corrected chi connectivity index (χ4v) is 6.93. The molecule has 2 aromatic carbocycles. The number of benzene rings is 2. The van der Waals surface area contributed by atoms with Crippen molar-refractivity contribution in [3.05, 3.63) is 71.8 Å². The van der Waals surface area contributed by atoms with Gasteiger partial charge >= 0.3 is 12.1 Å². The number of hydrogen-bond acceptors (Lipinski definition) is 6. The third kappa shape index (κ3) is 6.93. The Bertz CT molecular complexity index is 1080. The number of quaternary nitrogens is 2. The molecule has 0 radical (unpaired) electrons. The first-order valence-electron chi connectivity index (χ1n) is 15.1. The lowest BCUT2D eigenvalue weighted by molar-refractivity contribution is -0.965. The van der Waals surface area contributed by atoms with Crippen molar-refractivity contribution < 1.29 is 37.5 Å². The number of esters is 1. The van der Waals surface area contributed by atoms with Crippen LogP contribution in [0.3, 0.4) is 0 Å². The highest BCUT2D eigenvalue weighted by Gasteiger charge is 2.55. The van der Waals surface area contributed by atoms with Crippen LogP contribution in [0.5, 0.6) is 0 Å². The number of fused-ring (bicyclic) bond motifs is 2. The van der Waals surface area contributed by atoms with E-state index in [4.69, 9.17) is 18.9 Å². The third-order valence-electron chi connectivity index (χ3n) is 8.94. The van der Waals surface area contributed by atoms with Crippen molar-refractivity contribution in [3.8, 4) is 0 Å². The second kappa shape index (κ2) is 13.4. The molecule has 2 bridgehead atoms. The van der Waals surface area contributed by atoms with Crippen molar-refractivity contribution in [2.75, 3.05) is 54.2 Å². The molecule has 2 atom stereocenters. The van der Waals surface area contributed by atoms with Crippen LogP contribution in [0.2, 0.25) is 0 Å². The van der Waals surface area contributed by atoms with Crippen molar-refractivity contribution in [2.45, 2.75) is 69.7 Å². The van der Waals surface area contributed by atoms with Crippen molar-refractivity contribution in [1.29, 1.82) is 0 Å². The summed E-state index contributed by atoms with van der Waals surface area (Å²) in [5, 5.41) is 0. The van der Waals surface area contributed by atoms with Gasteiger partial charge in [-0.05, 0) is 24.5 Å². The molecule has 0 N–H and O–H groups in total. The lowest BCUT2D eigenvalue weighted by Gasteiger charge is -2.49. The molecule has 2 heterocycles. The van der Waals surface area contributed by atoms with E-state index < -0.39 is 24.5 Å². The Morgan fingerprint density at radius 3 is 1.93 bits per heavy atom. The number of carbonyl (C=O) groups excluding carboxylic acids is 2. The van der Waals surface area contributed by atoms with Gasteiger partial charge in [0.05, 0.1) is 46.3 Å². The summed E-state index contributed by atoms with van der Waals surface area (Å²) in [6, 6.07) is 19.6. The minimum Gasteiger partial charge on any atom is -0.459 e. The largest absolute Gasteiger partial charge is 0.510 e. The Balaban J connectivity index is 1.56. The maximum atomic E-state index is 14.4. The van der Waals surface area contributed by atoms with E-state index in [2.05, 4.69) is 13.8 Å². The summed E-state index contributed by atoms with van der Waals surface area (Å²) >= 11 is 0. The minimum absolute atomic E-state index is 0.188. The molecule has 8 nitrogen and oxygen atoms in total. The monoisotopic (exact) mass is 568 g/mol. The number of rotatable bonds is 13. The van der Waals surface area contributed by atoms with E-state index in [1.54, 1.807) is 0 Å². The highest BCUT2D eigenvalue weighted by molar-refractivity contribution is 5.86. The Hall–Kier alpha value is -2.94. The Labute approximate surface area is 245 Å². The molecule has 2 fully saturated rings. The van der Waals surface area contributed by atoms with Crippen molar-refractivity contribution in [2.24, 2.45) is 0 Å². The van der Waals surface area contributed by atoms with E-state index in [1.165, 1.54) is 19.4 Å². The van der Waals surface area contributed by atoms with E-state index in [-0.39, 0.29) is 12.7 Å². The van der Waals surface area contributed by atoms with Crippen LogP contribution < -0.4 is 0 Å². The van der Waals surface area contributed by atoms with Crippen molar-refractivity contribution >= 4 is 12.1 Å². The molecular formula is C33H48N2O6+2. The first-order chi connectivity index (χ1) is 19.6. The second-order valence-electron chi connectivity index (χ2n) is 12.5. The molecule has 2 aliphatic heterocycles. The zero-order valence-corrected chi connectivity index (χ0v) is 25.4. The molecule has 224 valence electrons. The maximum absolute atomic E-state index is 14.4. The van der Waals surface area contributed by atoms with Gasteiger partial charge in [-0.25, -0.2) is 9.59 Å². The van der Waals surface area contributed by atoms with Gasteiger partial charge in [0.2, 0.25) is 5.60 Å². The molecule has 0 aromatic heterocycles. The molecule has 8 heteroatoms. The summed E-state index contributed by atoms with van der Waals surface area (Å²) in [5.41, 5.74) is -0.384. The molecule has 4 rings (SSSR count). The van der Waals surface area contributed by atoms with Gasteiger partial charge in [-0.3, -0.25) is 0 Å². The molecule has 2 saturated heterocycles. The van der Waals surface area contributed by atoms with Crippen LogP contribution in [0.1, 0.15) is 57.1 Å². The standard InChI is InChI=1S/C33H48N2O6/c1-6-20-35(7-2)28-18-19-29(35)24-30(23-28)41-31(36)33(26-14-10-8-11-15-26,27-16-12-9-13-17-27)40-25-39-32(37)38-22-21-34(3,4)5/h8-17,28-30H,6-7,18-25H2,1-5H3/q+2. The zero-order valence-electron chi connectivity index (χ0n) is 25.4. The quantitative estimate of drug-likeness (QED) is 0.187. The molecule has 0 amide bonds. The molecule has 2 unspecified atom stereocenters. The van der Waals surface area contributed by atoms with Gasteiger partial charge in [-0.2, -0.15) is 0 Å². The molecule has 0 spiro atoms. The average molecular weight is 569 g/mol. The van der Waals surface area contributed by atoms with Crippen LogP contribution in [0.25, 0.3) is 0 Å². The van der Waals surface area contributed by atoms with E-state index in [9.17, 15) is 9.59 Å². The molecule has 0 saturated carbocycles. The Kier molecular flexibility index (Phi) is 10.1. The van der Waals surface area contributed by atoms with Crippen LogP contribution in [0.4, 0.5) is 4.79 Å². The fourth-order valence-electron chi connectivity index (χ4n) is 6.93. The lowest BCUT2D eigenvalue weighted by atomic mass is 9.85. The molecule has 41 heavy (non-hydrogen) atoms. The first-order valence-corrected chi connectivity index (χ1v) is 15.1. The van der Waals surface area contributed by atoms with Gasteiger partial charge < -0.3 is 27.9 Å². The summed E-state index contributed by atoms with van der Waals surface area (Å²) < 4.78 is 25.0. The Morgan fingerprint density at radius 1 is 0.878 bits per heavy atom. The normalized spacial score (nSPS) is 24.1. The molecule has 2 aromatic rings. The van der Waals surface area contributed by atoms with Gasteiger partial charge in [0.1, 0.15) is 19.3 Å². The van der Waals surface area contributed by atoms with Crippen LogP contribution in [0, 0.1) is 0 Å². The van der Waals surface area contributed by atoms with Crippen molar-refractivity contribution in [3.63, 3.8) is 0 Å². The van der Waals surface area contributed by atoms with Crippen LogP contribution in [-0.2, 0) is 29.3 Å². The number of nitrogens with zero attached hydrogens (tertiary/aromatic N) is 2. The molecular weight excluding hydrogens is 520 g/mol. The summed E-state index contributed by atoms with van der Waals surface area (Å²) in [6.07, 6.45) is 4.19. The average Bonchev–Trinajstić information content (AvgIpc) is 3.12. The van der Waals surface area contributed by atoms with Crippen LogP contribution in [0.15, 0.2) is 60.7 Å². The van der Waals surface area contributed by atoms with Gasteiger partial charge in [0.25, 0.3) is 0 Å². The minimum atomic E-state index is -1.61. The number of carbonyl (C=O) groups is 2. The Morgan fingerprint density at radius 2 is 1.44 bits per heavy atom. The van der Waals surface area contributed by atoms with Crippen LogP contribution >= 0.6 is 0 Å². The zero-order chi connectivity index (χ0) is 29.5. The van der Waals surface area contributed by atoms with Crippen molar-refractivity contribution in [1.82, 2.24) is 0 Å². The van der Waals surface area contributed by atoms with Gasteiger partial charge in [-0.1, -0.05) is 67.6 Å². The van der Waals surface area contributed by atoms with E-state index in [1.807, 2.05) is 81.8 Å². The van der Waals surface area contributed by atoms with Crippen LogP contribution in [-0.4, -0.2) is 93.5 Å². The number of hydrogen-bond donors (Lipinski definition) is 0. The predicted octanol–water partition coefficient (Wildman–Crippen LogP) is 5.25. The predicted molar refractivity (Wildman–Crippen MR) is 157 cm³/mol. The smallest absolute Gasteiger partial charge is 0.459 e. The summed E-state index contributed by atoms with van der Waals surface area (Å²) in [7, 11) is 6.04. The van der Waals surface area contributed by atoms with E-state index in [0.717, 1.165) is 30.3 Å². The third-order valence-corrected chi connectivity index (χ3v) is 8.94. The number of piperidine rings is 1. The molecule has 2 aliphatic rings. The SMILES string of the molecule is CCC[N+]1(CC)C2CCC1CC(OC(=O)C(OCOC(=O)OCC[N+](C)(C)C)(c1ccccc1)c1ccccc1)C2. The highest BCUT2D eigenvalue weighted by Crippen LogP contribution is 2.45. The van der Waals surface area contributed by atoms with E-state index >= 15 is 0 Å². The summed E-state index contributed by atoms with van der Waals surface area (Å²) in [4.78, 5) is 26.7. The maximum Gasteiger partial charge on any atom is 0.510 e. The highest BCUT2D eigenvalue weighted by atomic mass is 16.8. The summed E-state index contributed by atoms with van der Waals surface area (Å²) in [6.45, 7) is 7.23. The first kappa shape index (κ1) is 31.0. The van der Waals surface area contributed by atoms with Gasteiger partial charge in [0.15, 0.2) is 6.79 Å². The lowest BCUT2D eigenvalue weighted by Crippen LogP contribution is -2.62. The topological polar surface area (TPSA) is 71.1 Å². The van der Waals surface area contributed by atoms with Gasteiger partial charge in [-0.15, -0.1) is 0 Å². The molecule has 0 aliphatic carbocycles. The number of ether oxygens (including phenoxy) is 4. The second-order valence-corrected chi connectivity index (χ2v) is 12.5. The number of likely N-dealkylation sites (N-methyl/N-ethyl adjacent to an activating group) is 1.